The molecule has 0 atom stereocenters. The maximum atomic E-state index is 13.4. The number of benzene rings is 1. The molecule has 92 valence electrons. The van der Waals surface area contributed by atoms with E-state index in [4.69, 9.17) is 4.74 Å². The summed E-state index contributed by atoms with van der Waals surface area (Å²) in [5.41, 5.74) is 0.486. The third kappa shape index (κ3) is 2.75. The Bertz CT molecular complexity index is 414. The maximum Gasteiger partial charge on any atom is 0.227 e. The number of ether oxygens (including phenoxy) is 1. The van der Waals surface area contributed by atoms with Crippen LogP contribution in [0.2, 0.25) is 0 Å². The van der Waals surface area contributed by atoms with E-state index in [1.807, 2.05) is 0 Å². The van der Waals surface area contributed by atoms with Crippen molar-refractivity contribution in [2.75, 3.05) is 12.4 Å². The first kappa shape index (κ1) is 11.9. The largest absolute Gasteiger partial charge is 0.494 e. The van der Waals surface area contributed by atoms with Gasteiger partial charge in [0.2, 0.25) is 5.91 Å². The van der Waals surface area contributed by atoms with E-state index in [0.29, 0.717) is 5.69 Å². The second-order valence-corrected chi connectivity index (χ2v) is 4.32. The van der Waals surface area contributed by atoms with Crippen molar-refractivity contribution in [3.63, 3.8) is 0 Å². The predicted molar refractivity (Wildman–Crippen MR) is 63.5 cm³/mol. The molecule has 0 unspecified atom stereocenters. The Hall–Kier alpha value is -1.58. The molecule has 3 nitrogen and oxygen atoms in total. The van der Waals surface area contributed by atoms with Gasteiger partial charge in [-0.25, -0.2) is 4.39 Å². The van der Waals surface area contributed by atoms with Gasteiger partial charge in [0.25, 0.3) is 0 Å². The summed E-state index contributed by atoms with van der Waals surface area (Å²) in [5.74, 6) is -0.201. The van der Waals surface area contributed by atoms with Gasteiger partial charge in [0.05, 0.1) is 7.11 Å². The van der Waals surface area contributed by atoms with Crippen LogP contribution < -0.4 is 10.1 Å². The van der Waals surface area contributed by atoms with Gasteiger partial charge < -0.3 is 10.1 Å². The van der Waals surface area contributed by atoms with Crippen molar-refractivity contribution in [3.8, 4) is 5.75 Å². The molecule has 0 aromatic heterocycles. The molecule has 0 spiro atoms. The molecule has 0 bridgehead atoms. The summed E-state index contributed by atoms with van der Waals surface area (Å²) in [6.07, 6.45) is 4.08. The molecule has 1 aliphatic carbocycles. The third-order valence-corrected chi connectivity index (χ3v) is 3.15. The predicted octanol–water partition coefficient (Wildman–Crippen LogP) is 2.96. The molecule has 1 aromatic rings. The monoisotopic (exact) mass is 237 g/mol. The molecule has 1 aromatic carbocycles. The van der Waals surface area contributed by atoms with Gasteiger partial charge in [0, 0.05) is 17.7 Å². The number of carbonyl (C=O) groups excluding carboxylic acids is 1. The summed E-state index contributed by atoms with van der Waals surface area (Å²) >= 11 is 0. The fourth-order valence-electron chi connectivity index (χ4n) is 2.18. The number of hydrogen-bond acceptors (Lipinski definition) is 2. The summed E-state index contributed by atoms with van der Waals surface area (Å²) in [6.45, 7) is 0. The summed E-state index contributed by atoms with van der Waals surface area (Å²) in [6, 6.07) is 4.44. The molecule has 1 saturated carbocycles. The average molecular weight is 237 g/mol. The zero-order chi connectivity index (χ0) is 12.3. The van der Waals surface area contributed by atoms with Crippen LogP contribution in [0.5, 0.6) is 5.75 Å². The molecule has 0 heterocycles. The summed E-state index contributed by atoms with van der Waals surface area (Å²) in [4.78, 5) is 11.8. The van der Waals surface area contributed by atoms with Crippen LogP contribution >= 0.6 is 0 Å². The summed E-state index contributed by atoms with van der Waals surface area (Å²) in [5, 5.41) is 2.74. The van der Waals surface area contributed by atoms with Gasteiger partial charge >= 0.3 is 0 Å². The molecule has 0 aliphatic heterocycles. The van der Waals surface area contributed by atoms with Gasteiger partial charge in [0.1, 0.15) is 0 Å². The van der Waals surface area contributed by atoms with Gasteiger partial charge in [-0.15, -0.1) is 0 Å². The normalized spacial score (nSPS) is 15.9. The van der Waals surface area contributed by atoms with Gasteiger partial charge in [-0.2, -0.15) is 0 Å². The van der Waals surface area contributed by atoms with Gasteiger partial charge in [-0.3, -0.25) is 4.79 Å². The van der Waals surface area contributed by atoms with Crippen molar-refractivity contribution in [1.29, 1.82) is 0 Å². The topological polar surface area (TPSA) is 38.3 Å². The van der Waals surface area contributed by atoms with Crippen LogP contribution in [0.1, 0.15) is 25.7 Å². The minimum absolute atomic E-state index is 0.00735. The molecule has 1 aliphatic rings. The number of methoxy groups -OCH3 is 1. The number of anilines is 1. The van der Waals surface area contributed by atoms with E-state index in [0.717, 1.165) is 25.7 Å². The van der Waals surface area contributed by atoms with Crippen molar-refractivity contribution >= 4 is 11.6 Å². The van der Waals surface area contributed by atoms with Crippen molar-refractivity contribution in [2.45, 2.75) is 25.7 Å². The zero-order valence-electron chi connectivity index (χ0n) is 9.83. The van der Waals surface area contributed by atoms with E-state index < -0.39 is 5.82 Å². The second-order valence-electron chi connectivity index (χ2n) is 4.32. The van der Waals surface area contributed by atoms with Crippen LogP contribution in [-0.4, -0.2) is 13.0 Å². The highest BCUT2D eigenvalue weighted by molar-refractivity contribution is 5.92. The molecule has 0 radical (unpaired) electrons. The van der Waals surface area contributed by atoms with E-state index in [1.54, 1.807) is 6.07 Å². The average Bonchev–Trinajstić information content (AvgIpc) is 2.82. The summed E-state index contributed by atoms with van der Waals surface area (Å²) < 4.78 is 18.2. The van der Waals surface area contributed by atoms with Crippen LogP contribution in [0.25, 0.3) is 0 Å². The fraction of sp³-hybridized carbons (Fsp3) is 0.462. The fourth-order valence-corrected chi connectivity index (χ4v) is 2.18. The molecule has 17 heavy (non-hydrogen) atoms. The van der Waals surface area contributed by atoms with Crippen LogP contribution in [0, 0.1) is 11.7 Å². The van der Waals surface area contributed by atoms with Crippen LogP contribution in [0.15, 0.2) is 18.2 Å². The van der Waals surface area contributed by atoms with Crippen molar-refractivity contribution < 1.29 is 13.9 Å². The van der Waals surface area contributed by atoms with E-state index in [2.05, 4.69) is 5.32 Å². The lowest BCUT2D eigenvalue weighted by molar-refractivity contribution is -0.119. The SMILES string of the molecule is COc1ccc(NC(=O)C2CCCC2)cc1F. The number of carbonyl (C=O) groups is 1. The zero-order valence-corrected chi connectivity index (χ0v) is 9.83. The van der Waals surface area contributed by atoms with Crippen molar-refractivity contribution in [1.82, 2.24) is 0 Å². The van der Waals surface area contributed by atoms with Crippen LogP contribution in [-0.2, 0) is 4.79 Å². The van der Waals surface area contributed by atoms with E-state index in [9.17, 15) is 9.18 Å². The molecule has 4 heteroatoms. The molecule has 1 amide bonds. The Morgan fingerprint density at radius 2 is 2.12 bits per heavy atom. The Kier molecular flexibility index (Phi) is 3.61. The smallest absolute Gasteiger partial charge is 0.227 e. The number of hydrogen-bond donors (Lipinski definition) is 1. The van der Waals surface area contributed by atoms with Crippen LogP contribution in [0.3, 0.4) is 0 Å². The lowest BCUT2D eigenvalue weighted by Crippen LogP contribution is -2.20. The third-order valence-electron chi connectivity index (χ3n) is 3.15. The number of nitrogens with one attached hydrogen (secondary N) is 1. The van der Waals surface area contributed by atoms with Gasteiger partial charge in [-0.05, 0) is 25.0 Å². The lowest BCUT2D eigenvalue weighted by Gasteiger charge is -2.11. The van der Waals surface area contributed by atoms with Crippen molar-refractivity contribution in [3.05, 3.63) is 24.0 Å². The minimum Gasteiger partial charge on any atom is -0.494 e. The first-order chi connectivity index (χ1) is 8.20. The maximum absolute atomic E-state index is 13.4. The number of amides is 1. The molecule has 0 saturated heterocycles. The second kappa shape index (κ2) is 5.17. The van der Waals surface area contributed by atoms with Gasteiger partial charge in [-0.1, -0.05) is 12.8 Å². The molecular weight excluding hydrogens is 221 g/mol. The Labute approximate surface area is 100.0 Å². The highest BCUT2D eigenvalue weighted by Gasteiger charge is 2.22. The molecular formula is C13H16FNO2. The van der Waals surface area contributed by atoms with E-state index in [1.165, 1.54) is 19.2 Å². The van der Waals surface area contributed by atoms with Crippen molar-refractivity contribution in [2.24, 2.45) is 5.92 Å². The molecule has 2 rings (SSSR count). The van der Waals surface area contributed by atoms with E-state index in [-0.39, 0.29) is 17.6 Å². The highest BCUT2D eigenvalue weighted by Crippen LogP contribution is 2.27. The minimum atomic E-state index is -0.461. The van der Waals surface area contributed by atoms with Crippen LogP contribution in [0.4, 0.5) is 10.1 Å². The quantitative estimate of drug-likeness (QED) is 0.877. The Morgan fingerprint density at radius 1 is 1.41 bits per heavy atom. The summed E-state index contributed by atoms with van der Waals surface area (Å²) in [7, 11) is 1.41. The lowest BCUT2D eigenvalue weighted by atomic mass is 10.1. The first-order valence-corrected chi connectivity index (χ1v) is 5.85. The number of rotatable bonds is 3. The molecule has 1 fully saturated rings. The first-order valence-electron chi connectivity index (χ1n) is 5.85. The van der Waals surface area contributed by atoms with Gasteiger partial charge in [0.15, 0.2) is 11.6 Å². The van der Waals surface area contributed by atoms with E-state index >= 15 is 0 Å². The number of halogens is 1. The molecule has 1 N–H and O–H groups in total. The Balaban J connectivity index is 2.03. The standard InChI is InChI=1S/C13H16FNO2/c1-17-12-7-6-10(8-11(12)14)15-13(16)9-4-2-3-5-9/h6-9H,2-5H2,1H3,(H,15,16). The highest BCUT2D eigenvalue weighted by atomic mass is 19.1. The Morgan fingerprint density at radius 3 is 2.71 bits per heavy atom.